The number of rotatable bonds is 4. The van der Waals surface area contributed by atoms with Gasteiger partial charge in [-0.3, -0.25) is 0 Å². The molecule has 18 heavy (non-hydrogen) atoms. The molecule has 0 aliphatic carbocycles. The first-order valence-corrected chi connectivity index (χ1v) is 6.04. The Morgan fingerprint density at radius 3 is 2.50 bits per heavy atom. The second-order valence-corrected chi connectivity index (χ2v) is 4.19. The average Bonchev–Trinajstić information content (AvgIpc) is 2.39. The van der Waals surface area contributed by atoms with Crippen molar-refractivity contribution in [3.63, 3.8) is 0 Å². The predicted molar refractivity (Wildman–Crippen MR) is 68.2 cm³/mol. The van der Waals surface area contributed by atoms with Crippen LogP contribution in [0.3, 0.4) is 0 Å². The first kappa shape index (κ1) is 12.6. The van der Waals surface area contributed by atoms with Crippen LogP contribution in [0, 0.1) is 5.82 Å². The summed E-state index contributed by atoms with van der Waals surface area (Å²) in [6, 6.07) is 8.19. The van der Waals surface area contributed by atoms with Gasteiger partial charge in [0.1, 0.15) is 5.82 Å². The Morgan fingerprint density at radius 1 is 1.11 bits per heavy atom. The van der Waals surface area contributed by atoms with E-state index in [-0.39, 0.29) is 11.4 Å². The summed E-state index contributed by atoms with van der Waals surface area (Å²) < 4.78 is 17.7. The average molecular weight is 246 g/mol. The number of halogens is 1. The molecule has 1 aromatic carbocycles. The maximum absolute atomic E-state index is 12.8. The van der Waals surface area contributed by atoms with E-state index in [9.17, 15) is 9.18 Å². The van der Waals surface area contributed by atoms with Crippen LogP contribution in [0.4, 0.5) is 4.39 Å². The van der Waals surface area contributed by atoms with Crippen LogP contribution < -0.4 is 5.63 Å². The van der Waals surface area contributed by atoms with Gasteiger partial charge in [0.25, 0.3) is 0 Å². The molecule has 0 N–H and O–H groups in total. The zero-order valence-corrected chi connectivity index (χ0v) is 10.3. The topological polar surface area (TPSA) is 30.2 Å². The summed E-state index contributed by atoms with van der Waals surface area (Å²) in [4.78, 5) is 11.6. The van der Waals surface area contributed by atoms with E-state index in [1.807, 2.05) is 13.0 Å². The fraction of sp³-hybridized carbons (Fsp3) is 0.267. The summed E-state index contributed by atoms with van der Waals surface area (Å²) in [5.41, 5.74) is 2.50. The van der Waals surface area contributed by atoms with Crippen LogP contribution >= 0.6 is 0 Å². The van der Waals surface area contributed by atoms with Crippen molar-refractivity contribution in [1.29, 1.82) is 0 Å². The molecule has 0 saturated heterocycles. The van der Waals surface area contributed by atoms with Crippen molar-refractivity contribution < 1.29 is 8.81 Å². The zero-order valence-electron chi connectivity index (χ0n) is 10.3. The van der Waals surface area contributed by atoms with Crippen molar-refractivity contribution in [2.24, 2.45) is 0 Å². The first-order valence-electron chi connectivity index (χ1n) is 6.04. The van der Waals surface area contributed by atoms with Gasteiger partial charge in [-0.05, 0) is 48.6 Å². The van der Waals surface area contributed by atoms with Gasteiger partial charge in [0.2, 0.25) is 0 Å². The third-order valence-electron chi connectivity index (χ3n) is 3.04. The molecule has 2 rings (SSSR count). The van der Waals surface area contributed by atoms with E-state index < -0.39 is 0 Å². The van der Waals surface area contributed by atoms with Crippen LogP contribution in [0.5, 0.6) is 0 Å². The summed E-state index contributed by atoms with van der Waals surface area (Å²) in [5.74, 6) is -0.243. The molecule has 0 unspecified atom stereocenters. The lowest BCUT2D eigenvalue weighted by Crippen LogP contribution is -2.11. The van der Waals surface area contributed by atoms with Crippen molar-refractivity contribution in [1.82, 2.24) is 0 Å². The Labute approximate surface area is 105 Å². The molecule has 0 aliphatic heterocycles. The van der Waals surface area contributed by atoms with E-state index in [1.165, 1.54) is 18.4 Å². The standard InChI is InChI=1S/C15H15FO2/c1-2-12-9-10-18-15(17)14(12)8-5-11-3-6-13(16)7-4-11/h3-4,6-7,9-10H,2,5,8H2,1H3. The molecule has 1 heterocycles. The molecule has 1 aromatic heterocycles. The maximum atomic E-state index is 12.8. The molecule has 0 fully saturated rings. The highest BCUT2D eigenvalue weighted by Crippen LogP contribution is 2.10. The molecular weight excluding hydrogens is 231 g/mol. The highest BCUT2D eigenvalue weighted by Gasteiger charge is 2.07. The quantitative estimate of drug-likeness (QED) is 0.829. The molecule has 0 aliphatic rings. The predicted octanol–water partition coefficient (Wildman–Crippen LogP) is 3.13. The lowest BCUT2D eigenvalue weighted by Gasteiger charge is -2.05. The van der Waals surface area contributed by atoms with Gasteiger partial charge >= 0.3 is 5.63 Å². The number of aryl methyl sites for hydroxylation is 2. The third kappa shape index (κ3) is 2.86. The van der Waals surface area contributed by atoms with Gasteiger partial charge in [-0.1, -0.05) is 19.1 Å². The smallest absolute Gasteiger partial charge is 0.339 e. The molecular formula is C15H15FO2. The van der Waals surface area contributed by atoms with Crippen LogP contribution in [-0.4, -0.2) is 0 Å². The van der Waals surface area contributed by atoms with Crippen LogP contribution in [0.15, 0.2) is 45.8 Å². The van der Waals surface area contributed by atoms with Crippen molar-refractivity contribution in [3.05, 3.63) is 69.5 Å². The van der Waals surface area contributed by atoms with Crippen molar-refractivity contribution in [2.75, 3.05) is 0 Å². The Balaban J connectivity index is 2.15. The van der Waals surface area contributed by atoms with E-state index in [2.05, 4.69) is 0 Å². The Kier molecular flexibility index (Phi) is 3.92. The highest BCUT2D eigenvalue weighted by molar-refractivity contribution is 5.24. The van der Waals surface area contributed by atoms with Gasteiger partial charge in [0.05, 0.1) is 6.26 Å². The largest absolute Gasteiger partial charge is 0.431 e. The van der Waals surface area contributed by atoms with Gasteiger partial charge in [-0.15, -0.1) is 0 Å². The number of hydrogen-bond acceptors (Lipinski definition) is 2. The minimum Gasteiger partial charge on any atom is -0.431 e. The normalized spacial score (nSPS) is 10.6. The zero-order chi connectivity index (χ0) is 13.0. The monoisotopic (exact) mass is 246 g/mol. The van der Waals surface area contributed by atoms with Crippen LogP contribution in [0.25, 0.3) is 0 Å². The van der Waals surface area contributed by atoms with Crippen LogP contribution in [0.2, 0.25) is 0 Å². The Morgan fingerprint density at radius 2 is 1.83 bits per heavy atom. The SMILES string of the molecule is CCc1ccoc(=O)c1CCc1ccc(F)cc1. The molecule has 2 aromatic rings. The van der Waals surface area contributed by atoms with Gasteiger partial charge in [-0.25, -0.2) is 9.18 Å². The lowest BCUT2D eigenvalue weighted by molar-refractivity contribution is 0.498. The molecule has 0 bridgehead atoms. The number of benzene rings is 1. The van der Waals surface area contributed by atoms with E-state index in [1.54, 1.807) is 12.1 Å². The summed E-state index contributed by atoms with van der Waals surface area (Å²) in [6.45, 7) is 2.01. The summed E-state index contributed by atoms with van der Waals surface area (Å²) in [7, 11) is 0. The molecule has 0 radical (unpaired) electrons. The third-order valence-corrected chi connectivity index (χ3v) is 3.04. The van der Waals surface area contributed by atoms with E-state index in [4.69, 9.17) is 4.42 Å². The van der Waals surface area contributed by atoms with Gasteiger partial charge in [0, 0.05) is 5.56 Å². The minimum atomic E-state index is -0.267. The molecule has 0 atom stereocenters. The summed E-state index contributed by atoms with van der Waals surface area (Å²) >= 11 is 0. The molecule has 0 spiro atoms. The molecule has 3 heteroatoms. The highest BCUT2D eigenvalue weighted by atomic mass is 19.1. The Bertz CT molecular complexity index is 570. The van der Waals surface area contributed by atoms with Crippen LogP contribution in [0.1, 0.15) is 23.6 Å². The molecule has 94 valence electrons. The van der Waals surface area contributed by atoms with E-state index in [0.717, 1.165) is 23.1 Å². The summed E-state index contributed by atoms with van der Waals surface area (Å²) in [6.07, 6.45) is 3.58. The van der Waals surface area contributed by atoms with Crippen LogP contribution in [-0.2, 0) is 19.3 Å². The Hall–Kier alpha value is -1.90. The summed E-state index contributed by atoms with van der Waals surface area (Å²) in [5, 5.41) is 0. The van der Waals surface area contributed by atoms with Crippen molar-refractivity contribution in [3.8, 4) is 0 Å². The van der Waals surface area contributed by atoms with Crippen molar-refractivity contribution >= 4 is 0 Å². The maximum Gasteiger partial charge on any atom is 0.339 e. The molecule has 0 saturated carbocycles. The minimum absolute atomic E-state index is 0.243. The number of hydrogen-bond donors (Lipinski definition) is 0. The fourth-order valence-electron chi connectivity index (χ4n) is 2.00. The second-order valence-electron chi connectivity index (χ2n) is 4.19. The van der Waals surface area contributed by atoms with Gasteiger partial charge < -0.3 is 4.42 Å². The van der Waals surface area contributed by atoms with E-state index in [0.29, 0.717) is 12.8 Å². The van der Waals surface area contributed by atoms with Gasteiger partial charge in [-0.2, -0.15) is 0 Å². The first-order chi connectivity index (χ1) is 8.70. The van der Waals surface area contributed by atoms with Gasteiger partial charge in [0.15, 0.2) is 0 Å². The molecule has 0 amide bonds. The molecule has 2 nitrogen and oxygen atoms in total. The lowest BCUT2D eigenvalue weighted by atomic mass is 10.0. The fourth-order valence-corrected chi connectivity index (χ4v) is 2.00. The van der Waals surface area contributed by atoms with E-state index >= 15 is 0 Å². The second kappa shape index (κ2) is 5.63. The van der Waals surface area contributed by atoms with Crippen molar-refractivity contribution in [2.45, 2.75) is 26.2 Å².